The minimum Gasteiger partial charge on any atom is -0.379 e. The Hall–Kier alpha value is -1.79. The lowest BCUT2D eigenvalue weighted by atomic mass is 10.1. The molecule has 33 heavy (non-hydrogen) atoms. The van der Waals surface area contributed by atoms with Crippen molar-refractivity contribution in [2.24, 2.45) is 0 Å². The molecule has 0 amide bonds. The molecule has 3 heterocycles. The number of morpholine rings is 1. The predicted octanol–water partition coefficient (Wildman–Crippen LogP) is 1.79. The van der Waals surface area contributed by atoms with Gasteiger partial charge in [-0.3, -0.25) is 9.45 Å². The number of ether oxygens (including phenoxy) is 1. The lowest BCUT2D eigenvalue weighted by molar-refractivity contribution is -0.193. The summed E-state index contributed by atoms with van der Waals surface area (Å²) in [6.45, 7) is 7.78. The van der Waals surface area contributed by atoms with Gasteiger partial charge in [-0.05, 0) is 47.9 Å². The van der Waals surface area contributed by atoms with Gasteiger partial charge < -0.3 is 15.4 Å². The van der Waals surface area contributed by atoms with E-state index in [0.717, 1.165) is 62.3 Å². The van der Waals surface area contributed by atoms with Crippen molar-refractivity contribution in [3.05, 3.63) is 36.4 Å². The van der Waals surface area contributed by atoms with Crippen LogP contribution in [-0.2, 0) is 14.9 Å². The number of rotatable bonds is 5. The van der Waals surface area contributed by atoms with Gasteiger partial charge in [-0.25, -0.2) is 10.0 Å². The van der Waals surface area contributed by atoms with Crippen LogP contribution in [0.15, 0.2) is 41.3 Å². The van der Waals surface area contributed by atoms with Gasteiger partial charge in [0.15, 0.2) is 5.79 Å². The number of hydrazine groups is 1. The molecule has 3 aliphatic heterocycles. The number of benzene rings is 2. The molecule has 9 nitrogen and oxygen atoms in total. The molecule has 0 aliphatic carbocycles. The molecule has 0 radical (unpaired) electrons. The fourth-order valence-electron chi connectivity index (χ4n) is 5.31. The number of nitrogens with one attached hydrogen (secondary N) is 2. The van der Waals surface area contributed by atoms with Crippen LogP contribution < -0.4 is 10.6 Å². The molecule has 0 bridgehead atoms. The SMILES string of the molecule is O=S(=O)(O)c1ccc2ccc(NC3(N4CCOCC4)CNCCN3N3CCCCC3)cc2c1. The van der Waals surface area contributed by atoms with Crippen molar-refractivity contribution < 1.29 is 17.7 Å². The zero-order chi connectivity index (χ0) is 22.9. The van der Waals surface area contributed by atoms with Crippen LogP contribution in [0.4, 0.5) is 5.69 Å². The molecule has 2 aromatic carbocycles. The average Bonchev–Trinajstić information content (AvgIpc) is 2.84. The first-order valence-electron chi connectivity index (χ1n) is 11.8. The van der Waals surface area contributed by atoms with Crippen LogP contribution >= 0.6 is 0 Å². The highest BCUT2D eigenvalue weighted by molar-refractivity contribution is 7.85. The van der Waals surface area contributed by atoms with Gasteiger partial charge in [0.2, 0.25) is 0 Å². The third kappa shape index (κ3) is 4.74. The zero-order valence-electron chi connectivity index (χ0n) is 18.9. The summed E-state index contributed by atoms with van der Waals surface area (Å²) in [6.07, 6.45) is 3.69. The van der Waals surface area contributed by atoms with Crippen molar-refractivity contribution in [3.63, 3.8) is 0 Å². The fourth-order valence-corrected chi connectivity index (χ4v) is 5.82. The van der Waals surface area contributed by atoms with Crippen molar-refractivity contribution in [1.29, 1.82) is 0 Å². The van der Waals surface area contributed by atoms with Gasteiger partial charge in [0.1, 0.15) is 0 Å². The van der Waals surface area contributed by atoms with Gasteiger partial charge in [-0.2, -0.15) is 8.42 Å². The highest BCUT2D eigenvalue weighted by Crippen LogP contribution is 2.31. The van der Waals surface area contributed by atoms with Crippen LogP contribution in [0, 0.1) is 0 Å². The summed E-state index contributed by atoms with van der Waals surface area (Å²) in [5.41, 5.74) is 0.909. The molecule has 0 saturated carbocycles. The van der Waals surface area contributed by atoms with Crippen molar-refractivity contribution >= 4 is 26.6 Å². The van der Waals surface area contributed by atoms with Crippen LogP contribution in [0.5, 0.6) is 0 Å². The van der Waals surface area contributed by atoms with Crippen molar-refractivity contribution in [1.82, 2.24) is 20.2 Å². The van der Waals surface area contributed by atoms with E-state index >= 15 is 0 Å². The zero-order valence-corrected chi connectivity index (χ0v) is 19.7. The highest BCUT2D eigenvalue weighted by Gasteiger charge is 2.47. The minimum atomic E-state index is -4.25. The lowest BCUT2D eigenvalue weighted by Crippen LogP contribution is -2.77. The van der Waals surface area contributed by atoms with Gasteiger partial charge in [-0.1, -0.05) is 18.6 Å². The smallest absolute Gasteiger partial charge is 0.294 e. The molecule has 0 aromatic heterocycles. The molecule has 10 heteroatoms. The van der Waals surface area contributed by atoms with Crippen molar-refractivity contribution in [3.8, 4) is 0 Å². The molecular weight excluding hydrogens is 442 g/mol. The Kier molecular flexibility index (Phi) is 6.58. The molecule has 3 aliphatic rings. The molecule has 1 atom stereocenters. The standard InChI is InChI=1S/C23H33N5O4S/c29-33(30,31)22-7-5-19-4-6-21(16-20(19)17-22)25-23(26-12-14-32-15-13-26)18-24-8-11-28(23)27-9-2-1-3-10-27/h4-7,16-17,24-25H,1-3,8-15,18H2,(H,29,30,31). The summed E-state index contributed by atoms with van der Waals surface area (Å²) in [5.74, 6) is -0.451. The highest BCUT2D eigenvalue weighted by atomic mass is 32.2. The Morgan fingerprint density at radius 3 is 2.45 bits per heavy atom. The van der Waals surface area contributed by atoms with E-state index in [1.54, 1.807) is 6.07 Å². The summed E-state index contributed by atoms with van der Waals surface area (Å²) in [4.78, 5) is 2.38. The normalized spacial score (nSPS) is 26.5. The molecule has 1 unspecified atom stereocenters. The number of nitrogens with zero attached hydrogens (tertiary/aromatic N) is 3. The quantitative estimate of drug-likeness (QED) is 0.559. The Morgan fingerprint density at radius 2 is 1.70 bits per heavy atom. The van der Waals surface area contributed by atoms with Gasteiger partial charge in [0.05, 0.1) is 18.1 Å². The third-order valence-corrected chi connectivity index (χ3v) is 7.81. The monoisotopic (exact) mass is 475 g/mol. The Labute approximate surface area is 195 Å². The summed E-state index contributed by atoms with van der Waals surface area (Å²) >= 11 is 0. The van der Waals surface area contributed by atoms with Crippen LogP contribution in [0.2, 0.25) is 0 Å². The number of fused-ring (bicyclic) bond motifs is 1. The van der Waals surface area contributed by atoms with E-state index < -0.39 is 15.9 Å². The molecule has 3 N–H and O–H groups in total. The van der Waals surface area contributed by atoms with Gasteiger partial charge in [-0.15, -0.1) is 0 Å². The van der Waals surface area contributed by atoms with Crippen molar-refractivity contribution in [2.45, 2.75) is 29.9 Å². The molecule has 3 saturated heterocycles. The van der Waals surface area contributed by atoms with Gasteiger partial charge >= 0.3 is 0 Å². The van der Waals surface area contributed by atoms with Gasteiger partial charge in [0.25, 0.3) is 10.1 Å². The first kappa shape index (κ1) is 23.0. The number of anilines is 1. The largest absolute Gasteiger partial charge is 0.379 e. The van der Waals surface area contributed by atoms with Gasteiger partial charge in [0, 0.05) is 51.5 Å². The molecular formula is C23H33N5O4S. The second-order valence-corrected chi connectivity index (χ2v) is 10.5. The van der Waals surface area contributed by atoms with Crippen LogP contribution in [0.25, 0.3) is 10.8 Å². The molecule has 0 spiro atoms. The van der Waals surface area contributed by atoms with E-state index in [9.17, 15) is 13.0 Å². The Morgan fingerprint density at radius 1 is 0.939 bits per heavy atom. The maximum atomic E-state index is 11.7. The molecule has 3 fully saturated rings. The lowest BCUT2D eigenvalue weighted by Gasteiger charge is -2.58. The number of hydrogen-bond acceptors (Lipinski definition) is 8. The number of piperazine rings is 1. The average molecular weight is 476 g/mol. The van der Waals surface area contributed by atoms with E-state index in [-0.39, 0.29) is 4.90 Å². The van der Waals surface area contributed by atoms with Crippen LogP contribution in [0.3, 0.4) is 0 Å². The Bertz CT molecular complexity index is 1090. The topological polar surface area (TPSA) is 97.4 Å². The molecule has 5 rings (SSSR count). The predicted molar refractivity (Wildman–Crippen MR) is 128 cm³/mol. The van der Waals surface area contributed by atoms with E-state index in [4.69, 9.17) is 4.74 Å². The summed E-state index contributed by atoms with van der Waals surface area (Å²) < 4.78 is 38.5. The van der Waals surface area contributed by atoms with E-state index in [1.807, 2.05) is 18.2 Å². The second kappa shape index (κ2) is 9.46. The Balaban J connectivity index is 1.53. The minimum absolute atomic E-state index is 0.0932. The first-order chi connectivity index (χ1) is 16.0. The maximum absolute atomic E-state index is 11.7. The molecule has 180 valence electrons. The van der Waals surface area contributed by atoms with Crippen molar-refractivity contribution in [2.75, 3.05) is 64.3 Å². The first-order valence-corrected chi connectivity index (χ1v) is 13.3. The number of hydrogen-bond donors (Lipinski definition) is 3. The second-order valence-electron chi connectivity index (χ2n) is 9.05. The molecule has 2 aromatic rings. The summed E-state index contributed by atoms with van der Waals surface area (Å²) in [7, 11) is -4.25. The third-order valence-electron chi connectivity index (χ3n) is 6.96. The van der Waals surface area contributed by atoms with Crippen LogP contribution in [-0.4, -0.2) is 92.7 Å². The van der Waals surface area contributed by atoms with E-state index in [2.05, 4.69) is 25.6 Å². The summed E-state index contributed by atoms with van der Waals surface area (Å²) in [6, 6.07) is 10.7. The van der Waals surface area contributed by atoms with E-state index in [1.165, 1.54) is 31.4 Å². The maximum Gasteiger partial charge on any atom is 0.294 e. The van der Waals surface area contributed by atoms with Crippen LogP contribution in [0.1, 0.15) is 19.3 Å². The van der Waals surface area contributed by atoms with E-state index in [0.29, 0.717) is 13.2 Å². The summed E-state index contributed by atoms with van der Waals surface area (Å²) in [5, 5.41) is 14.1. The fraction of sp³-hybridized carbons (Fsp3) is 0.565. The number of piperidine rings is 1.